The monoisotopic (exact) mass is 367 g/mol. The van der Waals surface area contributed by atoms with Gasteiger partial charge in [0.05, 0.1) is 10.6 Å². The molecule has 24 heavy (non-hydrogen) atoms. The molecular formula is C16H18ClN3O3S. The molecule has 2 aromatic carbocycles. The van der Waals surface area contributed by atoms with Crippen molar-refractivity contribution in [3.63, 3.8) is 0 Å². The maximum atomic E-state index is 13.0. The first-order valence-corrected chi connectivity index (χ1v) is 8.92. The van der Waals surface area contributed by atoms with Gasteiger partial charge in [-0.05, 0) is 49.7 Å². The number of rotatable bonds is 5. The summed E-state index contributed by atoms with van der Waals surface area (Å²) in [5, 5.41) is 0.423. The molecule has 3 N–H and O–H groups in total. The summed E-state index contributed by atoms with van der Waals surface area (Å²) in [6, 6.07) is 11.1. The van der Waals surface area contributed by atoms with Gasteiger partial charge in [0.25, 0.3) is 15.9 Å². The topological polar surface area (TPSA) is 92.5 Å². The molecule has 0 fully saturated rings. The van der Waals surface area contributed by atoms with Gasteiger partial charge in [0.15, 0.2) is 0 Å². The van der Waals surface area contributed by atoms with Crippen LogP contribution in [0.4, 0.5) is 5.69 Å². The van der Waals surface area contributed by atoms with Crippen LogP contribution in [0.3, 0.4) is 0 Å². The highest BCUT2D eigenvalue weighted by atomic mass is 35.5. The zero-order valence-electron chi connectivity index (χ0n) is 13.3. The molecule has 0 unspecified atom stereocenters. The number of nitrogens with two attached hydrogens (primary N) is 1. The van der Waals surface area contributed by atoms with Crippen LogP contribution < -0.4 is 15.6 Å². The van der Waals surface area contributed by atoms with Crippen LogP contribution in [0.25, 0.3) is 0 Å². The van der Waals surface area contributed by atoms with Crippen LogP contribution in [0.5, 0.6) is 0 Å². The van der Waals surface area contributed by atoms with Crippen LogP contribution in [0.15, 0.2) is 47.4 Å². The molecule has 0 heterocycles. The van der Waals surface area contributed by atoms with Crippen LogP contribution in [0.2, 0.25) is 5.02 Å². The molecule has 0 atom stereocenters. The predicted octanol–water partition coefficient (Wildman–Crippen LogP) is 2.14. The fourth-order valence-electron chi connectivity index (χ4n) is 2.29. The van der Waals surface area contributed by atoms with E-state index in [0.717, 1.165) is 15.4 Å². The number of hydrogen-bond donors (Lipinski definition) is 2. The molecule has 0 spiro atoms. The van der Waals surface area contributed by atoms with Crippen molar-refractivity contribution in [2.24, 2.45) is 5.84 Å². The average Bonchev–Trinajstić information content (AvgIpc) is 2.53. The lowest BCUT2D eigenvalue weighted by Crippen LogP contribution is -2.43. The zero-order valence-corrected chi connectivity index (χ0v) is 14.9. The van der Waals surface area contributed by atoms with Crippen LogP contribution in [-0.4, -0.2) is 20.9 Å². The molecule has 8 heteroatoms. The number of carbonyl (C=O) groups excluding carboxylic acids is 1. The van der Waals surface area contributed by atoms with Crippen molar-refractivity contribution in [2.45, 2.75) is 18.7 Å². The van der Waals surface area contributed by atoms with Crippen LogP contribution in [0.1, 0.15) is 11.1 Å². The first-order valence-electron chi connectivity index (χ1n) is 7.10. The van der Waals surface area contributed by atoms with E-state index < -0.39 is 22.5 Å². The van der Waals surface area contributed by atoms with Gasteiger partial charge in [-0.3, -0.25) is 14.5 Å². The van der Waals surface area contributed by atoms with E-state index in [9.17, 15) is 13.2 Å². The van der Waals surface area contributed by atoms with Gasteiger partial charge in [-0.1, -0.05) is 29.3 Å². The Labute approximate surface area is 146 Å². The van der Waals surface area contributed by atoms with Crippen molar-refractivity contribution < 1.29 is 13.2 Å². The Morgan fingerprint density at radius 3 is 2.33 bits per heavy atom. The summed E-state index contributed by atoms with van der Waals surface area (Å²) in [7, 11) is -3.95. The molecule has 0 saturated heterocycles. The molecule has 0 aliphatic carbocycles. The fourth-order valence-corrected chi connectivity index (χ4v) is 3.91. The molecular weight excluding hydrogens is 350 g/mol. The third-order valence-electron chi connectivity index (χ3n) is 3.47. The largest absolute Gasteiger partial charge is 0.293 e. The van der Waals surface area contributed by atoms with Crippen molar-refractivity contribution in [3.8, 4) is 0 Å². The first-order chi connectivity index (χ1) is 11.3. The van der Waals surface area contributed by atoms with E-state index in [1.165, 1.54) is 24.3 Å². The molecule has 0 aliphatic heterocycles. The highest BCUT2D eigenvalue weighted by Gasteiger charge is 2.28. The van der Waals surface area contributed by atoms with E-state index >= 15 is 0 Å². The van der Waals surface area contributed by atoms with Gasteiger partial charge in [-0.2, -0.15) is 0 Å². The number of amides is 1. The zero-order chi connectivity index (χ0) is 17.9. The Kier molecular flexibility index (Phi) is 5.48. The van der Waals surface area contributed by atoms with E-state index in [0.29, 0.717) is 10.7 Å². The SMILES string of the molecule is Cc1ccc(N(CC(=O)NN)S(=O)(=O)c2ccc(Cl)cc2)c(C)c1. The lowest BCUT2D eigenvalue weighted by molar-refractivity contribution is -0.119. The Bertz CT molecular complexity index is 851. The molecule has 0 radical (unpaired) electrons. The van der Waals surface area contributed by atoms with E-state index in [4.69, 9.17) is 17.4 Å². The molecule has 0 bridgehead atoms. The second-order valence-corrected chi connectivity index (χ2v) is 7.62. The summed E-state index contributed by atoms with van der Waals surface area (Å²) >= 11 is 5.82. The van der Waals surface area contributed by atoms with Gasteiger partial charge in [-0.15, -0.1) is 0 Å². The fraction of sp³-hybridized carbons (Fsp3) is 0.188. The van der Waals surface area contributed by atoms with Crippen molar-refractivity contribution in [1.29, 1.82) is 0 Å². The molecule has 0 aliphatic rings. The molecule has 0 saturated carbocycles. The van der Waals surface area contributed by atoms with Crippen LogP contribution in [0, 0.1) is 13.8 Å². The second kappa shape index (κ2) is 7.21. The van der Waals surface area contributed by atoms with Gasteiger partial charge in [0, 0.05) is 5.02 Å². The number of aryl methyl sites for hydroxylation is 2. The smallest absolute Gasteiger partial charge is 0.264 e. The number of nitrogens with one attached hydrogen (secondary N) is 1. The summed E-state index contributed by atoms with van der Waals surface area (Å²) in [6.45, 7) is 3.26. The number of halogens is 1. The molecule has 2 rings (SSSR count). The normalized spacial score (nSPS) is 11.2. The average molecular weight is 368 g/mol. The number of carbonyl (C=O) groups is 1. The van der Waals surface area contributed by atoms with Crippen molar-refractivity contribution in [3.05, 3.63) is 58.6 Å². The number of anilines is 1. The summed E-state index contributed by atoms with van der Waals surface area (Å²) in [5.74, 6) is 4.51. The first kappa shape index (κ1) is 18.3. The Balaban J connectivity index is 2.57. The molecule has 2 aromatic rings. The molecule has 128 valence electrons. The van der Waals surface area contributed by atoms with Gasteiger partial charge >= 0.3 is 0 Å². The maximum Gasteiger partial charge on any atom is 0.264 e. The molecule has 6 nitrogen and oxygen atoms in total. The molecule has 0 aromatic heterocycles. The number of hydrazine groups is 1. The highest BCUT2D eigenvalue weighted by Crippen LogP contribution is 2.28. The van der Waals surface area contributed by atoms with Gasteiger partial charge in [-0.25, -0.2) is 14.3 Å². The number of benzene rings is 2. The lowest BCUT2D eigenvalue weighted by Gasteiger charge is -2.25. The van der Waals surface area contributed by atoms with E-state index in [-0.39, 0.29) is 4.90 Å². The lowest BCUT2D eigenvalue weighted by atomic mass is 10.1. The predicted molar refractivity (Wildman–Crippen MR) is 94.2 cm³/mol. The number of sulfonamides is 1. The Morgan fingerprint density at radius 1 is 1.17 bits per heavy atom. The quantitative estimate of drug-likeness (QED) is 0.481. The Morgan fingerprint density at radius 2 is 1.79 bits per heavy atom. The summed E-state index contributed by atoms with van der Waals surface area (Å²) in [6.07, 6.45) is 0. The minimum absolute atomic E-state index is 0.0386. The van der Waals surface area contributed by atoms with Gasteiger partial charge in [0.2, 0.25) is 0 Å². The van der Waals surface area contributed by atoms with Gasteiger partial charge in [0.1, 0.15) is 6.54 Å². The van der Waals surface area contributed by atoms with Crippen LogP contribution in [-0.2, 0) is 14.8 Å². The number of hydrogen-bond acceptors (Lipinski definition) is 4. The van der Waals surface area contributed by atoms with Crippen LogP contribution >= 0.6 is 11.6 Å². The maximum absolute atomic E-state index is 13.0. The Hall–Kier alpha value is -2.09. The van der Waals surface area contributed by atoms with E-state index in [1.54, 1.807) is 19.1 Å². The molecule has 1 amide bonds. The third-order valence-corrected chi connectivity index (χ3v) is 5.50. The summed E-state index contributed by atoms with van der Waals surface area (Å²) < 4.78 is 27.0. The number of nitrogens with zero attached hydrogens (tertiary/aromatic N) is 1. The second-order valence-electron chi connectivity index (χ2n) is 5.32. The summed E-state index contributed by atoms with van der Waals surface area (Å²) in [4.78, 5) is 11.8. The highest BCUT2D eigenvalue weighted by molar-refractivity contribution is 7.92. The minimum atomic E-state index is -3.95. The van der Waals surface area contributed by atoms with E-state index in [1.807, 2.05) is 18.4 Å². The van der Waals surface area contributed by atoms with E-state index in [2.05, 4.69) is 0 Å². The van der Waals surface area contributed by atoms with Crippen molar-refractivity contribution in [2.75, 3.05) is 10.8 Å². The third kappa shape index (κ3) is 3.87. The van der Waals surface area contributed by atoms with Crippen molar-refractivity contribution in [1.82, 2.24) is 5.43 Å². The standard InChI is InChI=1S/C16H18ClN3O3S/c1-11-3-8-15(12(2)9-11)20(10-16(21)19-18)24(22,23)14-6-4-13(17)5-7-14/h3-9H,10,18H2,1-2H3,(H,19,21). The minimum Gasteiger partial charge on any atom is -0.293 e. The van der Waals surface area contributed by atoms with Gasteiger partial charge < -0.3 is 0 Å². The van der Waals surface area contributed by atoms with Crippen molar-refractivity contribution >= 4 is 33.2 Å². The summed E-state index contributed by atoms with van der Waals surface area (Å²) in [5.41, 5.74) is 4.10.